The zero-order valence-corrected chi connectivity index (χ0v) is 20.5. The number of unbranched alkanes of at least 4 members (excludes halogenated alkanes) is 2. The molecule has 2 aromatic carbocycles. The van der Waals surface area contributed by atoms with E-state index in [9.17, 15) is 27.2 Å². The number of halogens is 4. The fourth-order valence-electron chi connectivity index (χ4n) is 3.72. The molecule has 1 heterocycles. The number of nitrogens with two attached hydrogens (primary N) is 1. The third-order valence-electron chi connectivity index (χ3n) is 5.67. The molecule has 0 aliphatic heterocycles. The van der Waals surface area contributed by atoms with Crippen LogP contribution in [0.15, 0.2) is 64.2 Å². The number of rotatable bonds is 8. The molecule has 200 valence electrons. The van der Waals surface area contributed by atoms with Crippen LogP contribution in [0.1, 0.15) is 43.5 Å². The summed E-state index contributed by atoms with van der Waals surface area (Å²) in [4.78, 5) is 35.5. The number of carboxylic acid groups (broad SMARTS) is 1. The first-order valence-electron chi connectivity index (χ1n) is 11.6. The summed E-state index contributed by atoms with van der Waals surface area (Å²) in [7, 11) is 0. The number of benzene rings is 2. The third-order valence-corrected chi connectivity index (χ3v) is 5.67. The summed E-state index contributed by atoms with van der Waals surface area (Å²) >= 11 is 0. The van der Waals surface area contributed by atoms with Crippen molar-refractivity contribution >= 4 is 5.97 Å². The number of carboxylic acids is 1. The standard InChI is InChI=1S/C24H28FN3O2.C2HF3O2/c1-3-4-10-15-27-17(2)22(19-13-8-9-14-20(19)25)23(29)28(24(27)30)16-21(26)18-11-6-5-7-12-18;3-2(4,5)1(6)7/h5-9,11-14,21H,3-4,10,15-16,26H2,1-2H3;(H,6,7)/t21-;/m0./s1. The Kier molecular flexibility index (Phi) is 10.4. The SMILES string of the molecule is CCCCCn1c(C)c(-c2ccccc2F)c(=O)n(C[C@H](N)c2ccccc2)c1=O.O=C(O)C(F)(F)F. The van der Waals surface area contributed by atoms with Crippen molar-refractivity contribution in [2.45, 2.75) is 58.4 Å². The highest BCUT2D eigenvalue weighted by Crippen LogP contribution is 2.22. The molecule has 1 atom stereocenters. The van der Waals surface area contributed by atoms with E-state index in [4.69, 9.17) is 15.6 Å². The Bertz CT molecular complexity index is 1320. The topological polar surface area (TPSA) is 107 Å². The largest absolute Gasteiger partial charge is 0.490 e. The zero-order chi connectivity index (χ0) is 27.8. The normalized spacial score (nSPS) is 12.0. The molecule has 0 amide bonds. The first kappa shape index (κ1) is 29.5. The maximum Gasteiger partial charge on any atom is 0.490 e. The smallest absolute Gasteiger partial charge is 0.475 e. The summed E-state index contributed by atoms with van der Waals surface area (Å²) in [5.41, 5.74) is 7.12. The highest BCUT2D eigenvalue weighted by atomic mass is 19.4. The van der Waals surface area contributed by atoms with Crippen LogP contribution in [0.25, 0.3) is 11.1 Å². The molecule has 3 rings (SSSR count). The van der Waals surface area contributed by atoms with Crippen LogP contribution in [0.2, 0.25) is 0 Å². The second-order valence-corrected chi connectivity index (χ2v) is 8.32. The van der Waals surface area contributed by atoms with Crippen molar-refractivity contribution in [2.24, 2.45) is 5.73 Å². The molecule has 0 aliphatic rings. The van der Waals surface area contributed by atoms with Gasteiger partial charge in [-0.1, -0.05) is 68.3 Å². The van der Waals surface area contributed by atoms with E-state index in [1.165, 1.54) is 6.07 Å². The van der Waals surface area contributed by atoms with E-state index in [-0.39, 0.29) is 17.7 Å². The summed E-state index contributed by atoms with van der Waals surface area (Å²) < 4.78 is 49.0. The van der Waals surface area contributed by atoms with E-state index in [1.807, 2.05) is 30.3 Å². The lowest BCUT2D eigenvalue weighted by Gasteiger charge is -2.20. The van der Waals surface area contributed by atoms with Gasteiger partial charge in [0, 0.05) is 23.8 Å². The highest BCUT2D eigenvalue weighted by molar-refractivity contribution is 5.73. The van der Waals surface area contributed by atoms with E-state index in [0.717, 1.165) is 29.4 Å². The van der Waals surface area contributed by atoms with Gasteiger partial charge in [-0.05, 0) is 25.0 Å². The second kappa shape index (κ2) is 13.0. The lowest BCUT2D eigenvalue weighted by atomic mass is 10.0. The maximum absolute atomic E-state index is 14.6. The second-order valence-electron chi connectivity index (χ2n) is 8.32. The molecule has 1 aromatic heterocycles. The number of aromatic nitrogens is 2. The molecule has 0 radical (unpaired) electrons. The van der Waals surface area contributed by atoms with Gasteiger partial charge in [-0.15, -0.1) is 0 Å². The summed E-state index contributed by atoms with van der Waals surface area (Å²) in [6.45, 7) is 4.29. The van der Waals surface area contributed by atoms with Gasteiger partial charge in [0.1, 0.15) is 5.82 Å². The van der Waals surface area contributed by atoms with E-state index >= 15 is 0 Å². The van der Waals surface area contributed by atoms with Gasteiger partial charge < -0.3 is 10.8 Å². The van der Waals surface area contributed by atoms with Crippen molar-refractivity contribution in [1.29, 1.82) is 0 Å². The average molecular weight is 524 g/mol. The molecule has 0 spiro atoms. The van der Waals surface area contributed by atoms with Crippen LogP contribution < -0.4 is 17.0 Å². The predicted molar refractivity (Wildman–Crippen MR) is 132 cm³/mol. The van der Waals surface area contributed by atoms with E-state index in [1.54, 1.807) is 29.7 Å². The molecular formula is C26H29F4N3O4. The van der Waals surface area contributed by atoms with Crippen molar-refractivity contribution in [3.63, 3.8) is 0 Å². The van der Waals surface area contributed by atoms with Gasteiger partial charge in [0.15, 0.2) is 0 Å². The Morgan fingerprint density at radius 2 is 1.57 bits per heavy atom. The lowest BCUT2D eigenvalue weighted by molar-refractivity contribution is -0.192. The van der Waals surface area contributed by atoms with Crippen LogP contribution in [-0.4, -0.2) is 26.4 Å². The molecule has 0 saturated heterocycles. The van der Waals surface area contributed by atoms with E-state index in [2.05, 4.69) is 6.92 Å². The predicted octanol–water partition coefficient (Wildman–Crippen LogP) is 4.65. The Hall–Kier alpha value is -3.73. The van der Waals surface area contributed by atoms with Crippen LogP contribution in [-0.2, 0) is 17.9 Å². The number of hydrogen-bond donors (Lipinski definition) is 2. The quantitative estimate of drug-likeness (QED) is 0.330. The Balaban J connectivity index is 0.000000604. The Morgan fingerprint density at radius 3 is 2.11 bits per heavy atom. The van der Waals surface area contributed by atoms with Crippen LogP contribution in [0.4, 0.5) is 17.6 Å². The minimum atomic E-state index is -5.08. The van der Waals surface area contributed by atoms with Crippen LogP contribution in [0, 0.1) is 12.7 Å². The molecule has 0 fully saturated rings. The Morgan fingerprint density at radius 1 is 1.00 bits per heavy atom. The molecule has 0 saturated carbocycles. The minimum absolute atomic E-state index is 0.0250. The van der Waals surface area contributed by atoms with Crippen molar-refractivity contribution in [2.75, 3.05) is 0 Å². The first-order valence-corrected chi connectivity index (χ1v) is 11.6. The molecule has 3 N–H and O–H groups in total. The number of hydrogen-bond acceptors (Lipinski definition) is 4. The number of alkyl halides is 3. The number of aliphatic carboxylic acids is 1. The van der Waals surface area contributed by atoms with Gasteiger partial charge in [-0.2, -0.15) is 13.2 Å². The molecule has 0 aliphatic carbocycles. The van der Waals surface area contributed by atoms with Crippen molar-refractivity contribution in [3.05, 3.63) is 92.5 Å². The Labute approximate surface area is 210 Å². The first-order chi connectivity index (χ1) is 17.4. The minimum Gasteiger partial charge on any atom is -0.475 e. The van der Waals surface area contributed by atoms with Crippen LogP contribution in [0.5, 0.6) is 0 Å². The average Bonchev–Trinajstić information content (AvgIpc) is 2.85. The number of nitrogens with zero attached hydrogens (tertiary/aromatic N) is 2. The van der Waals surface area contributed by atoms with Crippen LogP contribution in [0.3, 0.4) is 0 Å². The molecule has 37 heavy (non-hydrogen) atoms. The molecule has 0 bridgehead atoms. The molecule has 3 aromatic rings. The summed E-state index contributed by atoms with van der Waals surface area (Å²) in [5, 5.41) is 7.12. The van der Waals surface area contributed by atoms with E-state index in [0.29, 0.717) is 12.2 Å². The molecular weight excluding hydrogens is 494 g/mol. The third kappa shape index (κ3) is 7.63. The molecule has 0 unspecified atom stereocenters. The fourth-order valence-corrected chi connectivity index (χ4v) is 3.72. The van der Waals surface area contributed by atoms with Crippen LogP contribution >= 0.6 is 0 Å². The fraction of sp³-hybridized carbons (Fsp3) is 0.346. The van der Waals surface area contributed by atoms with Gasteiger partial charge >= 0.3 is 17.8 Å². The summed E-state index contributed by atoms with van der Waals surface area (Å²) in [5.74, 6) is -3.25. The lowest BCUT2D eigenvalue weighted by Crippen LogP contribution is -2.44. The molecule has 7 nitrogen and oxygen atoms in total. The van der Waals surface area contributed by atoms with Gasteiger partial charge in [-0.3, -0.25) is 13.9 Å². The zero-order valence-electron chi connectivity index (χ0n) is 20.5. The number of carbonyl (C=O) groups is 1. The molecule has 11 heteroatoms. The van der Waals surface area contributed by atoms with Gasteiger partial charge in [0.05, 0.1) is 12.1 Å². The van der Waals surface area contributed by atoms with Gasteiger partial charge in [0.25, 0.3) is 5.56 Å². The van der Waals surface area contributed by atoms with Gasteiger partial charge in [-0.25, -0.2) is 14.0 Å². The van der Waals surface area contributed by atoms with E-state index < -0.39 is 35.3 Å². The monoisotopic (exact) mass is 523 g/mol. The summed E-state index contributed by atoms with van der Waals surface area (Å²) in [6, 6.07) is 15.0. The van der Waals surface area contributed by atoms with Gasteiger partial charge in [0.2, 0.25) is 0 Å². The maximum atomic E-state index is 14.6. The summed E-state index contributed by atoms with van der Waals surface area (Å²) in [6.07, 6.45) is -2.31. The van der Waals surface area contributed by atoms with Crippen molar-refractivity contribution in [3.8, 4) is 11.1 Å². The van der Waals surface area contributed by atoms with Crippen molar-refractivity contribution in [1.82, 2.24) is 9.13 Å². The van der Waals surface area contributed by atoms with Crippen molar-refractivity contribution < 1.29 is 27.5 Å². The highest BCUT2D eigenvalue weighted by Gasteiger charge is 2.38.